The van der Waals surface area contributed by atoms with Gasteiger partial charge in [0.05, 0.1) is 31.3 Å². The molecule has 0 fully saturated rings. The summed E-state index contributed by atoms with van der Waals surface area (Å²) in [4.78, 5) is 31.1. The number of anilines is 1. The summed E-state index contributed by atoms with van der Waals surface area (Å²) in [6.07, 6.45) is 1.53. The summed E-state index contributed by atoms with van der Waals surface area (Å²) in [5, 5.41) is 7.70. The van der Waals surface area contributed by atoms with E-state index in [-0.39, 0.29) is 18.1 Å². The van der Waals surface area contributed by atoms with Crippen molar-refractivity contribution < 1.29 is 23.4 Å². The van der Waals surface area contributed by atoms with E-state index in [9.17, 15) is 14.0 Å². The average Bonchev–Trinajstić information content (AvgIpc) is 3.04. The molecule has 0 aliphatic carbocycles. The van der Waals surface area contributed by atoms with Gasteiger partial charge in [-0.05, 0) is 101 Å². The first-order valence-corrected chi connectivity index (χ1v) is 15.2. The number of aryl methyl sites for hydroxylation is 1. The standard InChI is InChI=1S/C35H32BrFN4O5/c1-20(2)26-16-27(21(3)14-30(26)44-4)34-40-29-9-7-6-8-25(29)35(43)41(34)38-18-22-15-31(45-5)32(17-28(22)36)46-19-33(42)39-24-12-10-23(37)11-13-24/h6-18,20H,19H2,1-5H3,(H,39,42). The molecule has 0 aliphatic rings. The summed E-state index contributed by atoms with van der Waals surface area (Å²) in [5.41, 5.74) is 3.87. The van der Waals surface area contributed by atoms with Gasteiger partial charge in [-0.2, -0.15) is 9.78 Å². The number of para-hydroxylation sites is 1. The minimum atomic E-state index is -0.430. The summed E-state index contributed by atoms with van der Waals surface area (Å²) in [7, 11) is 3.12. The number of hydrogen-bond acceptors (Lipinski definition) is 7. The second-order valence-corrected chi connectivity index (χ2v) is 11.6. The van der Waals surface area contributed by atoms with E-state index in [1.807, 2.05) is 25.1 Å². The van der Waals surface area contributed by atoms with Gasteiger partial charge in [0.1, 0.15) is 11.6 Å². The van der Waals surface area contributed by atoms with Gasteiger partial charge in [-0.1, -0.05) is 26.0 Å². The van der Waals surface area contributed by atoms with Crippen LogP contribution in [0.15, 0.2) is 87.2 Å². The van der Waals surface area contributed by atoms with Crippen molar-refractivity contribution in [2.24, 2.45) is 5.10 Å². The van der Waals surface area contributed by atoms with E-state index in [1.165, 1.54) is 42.3 Å². The number of methoxy groups -OCH3 is 2. The first-order chi connectivity index (χ1) is 22.1. The topological polar surface area (TPSA) is 104 Å². The van der Waals surface area contributed by atoms with Crippen LogP contribution >= 0.6 is 15.9 Å². The number of amides is 1. The molecule has 5 rings (SSSR count). The molecule has 0 aliphatic heterocycles. The number of carbonyl (C=O) groups is 1. The Balaban J connectivity index is 1.50. The second kappa shape index (κ2) is 13.9. The molecule has 4 aromatic carbocycles. The molecule has 46 heavy (non-hydrogen) atoms. The lowest BCUT2D eigenvalue weighted by molar-refractivity contribution is -0.118. The normalized spacial score (nSPS) is 11.3. The van der Waals surface area contributed by atoms with E-state index in [4.69, 9.17) is 19.2 Å². The molecule has 5 aromatic rings. The van der Waals surface area contributed by atoms with E-state index < -0.39 is 11.7 Å². The highest BCUT2D eigenvalue weighted by Crippen LogP contribution is 2.35. The first kappa shape index (κ1) is 32.4. The Morgan fingerprint density at radius 2 is 1.74 bits per heavy atom. The van der Waals surface area contributed by atoms with Gasteiger partial charge < -0.3 is 19.5 Å². The van der Waals surface area contributed by atoms with Crippen LogP contribution in [0.3, 0.4) is 0 Å². The lowest BCUT2D eigenvalue weighted by Gasteiger charge is -2.17. The fraction of sp³-hybridized carbons (Fsp3) is 0.200. The van der Waals surface area contributed by atoms with Gasteiger partial charge in [0.15, 0.2) is 23.9 Å². The lowest BCUT2D eigenvalue weighted by Crippen LogP contribution is -2.21. The number of carbonyl (C=O) groups excluding carboxylic acids is 1. The minimum Gasteiger partial charge on any atom is -0.496 e. The largest absolute Gasteiger partial charge is 0.496 e. The number of rotatable bonds is 10. The number of aromatic nitrogens is 2. The predicted molar refractivity (Wildman–Crippen MR) is 181 cm³/mol. The molecule has 1 aromatic heterocycles. The molecule has 0 saturated heterocycles. The van der Waals surface area contributed by atoms with Crippen molar-refractivity contribution >= 4 is 44.6 Å². The molecular weight excluding hydrogens is 655 g/mol. The van der Waals surface area contributed by atoms with Crippen LogP contribution in [0, 0.1) is 12.7 Å². The highest BCUT2D eigenvalue weighted by molar-refractivity contribution is 9.10. The Morgan fingerprint density at radius 1 is 1.02 bits per heavy atom. The molecule has 0 radical (unpaired) electrons. The molecule has 11 heteroatoms. The lowest BCUT2D eigenvalue weighted by atomic mass is 9.96. The van der Waals surface area contributed by atoms with Crippen molar-refractivity contribution in [1.29, 1.82) is 0 Å². The number of hydrogen-bond donors (Lipinski definition) is 1. The molecule has 0 atom stereocenters. The SMILES string of the molecule is COc1cc(C=Nn2c(-c3cc(C(C)C)c(OC)cc3C)nc3ccccc3c2=O)c(Br)cc1OCC(=O)Nc1ccc(F)cc1. The van der Waals surface area contributed by atoms with Crippen LogP contribution in [-0.4, -0.2) is 42.6 Å². The van der Waals surface area contributed by atoms with Crippen LogP contribution in [-0.2, 0) is 4.79 Å². The highest BCUT2D eigenvalue weighted by Gasteiger charge is 2.19. The zero-order valence-corrected chi connectivity index (χ0v) is 27.5. The summed E-state index contributed by atoms with van der Waals surface area (Å²) < 4.78 is 31.9. The van der Waals surface area contributed by atoms with E-state index >= 15 is 0 Å². The molecule has 1 heterocycles. The summed E-state index contributed by atoms with van der Waals surface area (Å²) >= 11 is 3.55. The highest BCUT2D eigenvalue weighted by atomic mass is 79.9. The van der Waals surface area contributed by atoms with Crippen LogP contribution < -0.4 is 25.1 Å². The van der Waals surface area contributed by atoms with Gasteiger partial charge >= 0.3 is 0 Å². The Bertz CT molecular complexity index is 2010. The molecule has 1 amide bonds. The number of fused-ring (bicyclic) bond motifs is 1. The third-order valence-corrected chi connectivity index (χ3v) is 7.96. The van der Waals surface area contributed by atoms with Gasteiger partial charge in [0, 0.05) is 21.3 Å². The van der Waals surface area contributed by atoms with E-state index in [0.29, 0.717) is 43.9 Å². The smallest absolute Gasteiger partial charge is 0.282 e. The van der Waals surface area contributed by atoms with E-state index in [2.05, 4.69) is 40.2 Å². The third kappa shape index (κ3) is 6.94. The molecule has 0 saturated carbocycles. The van der Waals surface area contributed by atoms with Gasteiger partial charge in [0.25, 0.3) is 11.5 Å². The maximum absolute atomic E-state index is 13.8. The van der Waals surface area contributed by atoms with Crippen molar-refractivity contribution in [3.8, 4) is 28.6 Å². The number of ether oxygens (including phenoxy) is 3. The van der Waals surface area contributed by atoms with Crippen molar-refractivity contribution in [3.05, 3.63) is 110 Å². The summed E-state index contributed by atoms with van der Waals surface area (Å²) in [5.74, 6) is 1.13. The summed E-state index contributed by atoms with van der Waals surface area (Å²) in [6.45, 7) is 5.78. The first-order valence-electron chi connectivity index (χ1n) is 14.4. The Morgan fingerprint density at radius 3 is 2.43 bits per heavy atom. The Kier molecular flexibility index (Phi) is 9.81. The van der Waals surface area contributed by atoms with Gasteiger partial charge in [0.2, 0.25) is 0 Å². The zero-order valence-electron chi connectivity index (χ0n) is 25.9. The van der Waals surface area contributed by atoms with Crippen molar-refractivity contribution in [1.82, 2.24) is 9.66 Å². The van der Waals surface area contributed by atoms with Crippen LogP contribution in [0.1, 0.15) is 36.5 Å². The van der Waals surface area contributed by atoms with Crippen molar-refractivity contribution in [3.63, 3.8) is 0 Å². The van der Waals surface area contributed by atoms with Crippen LogP contribution in [0.4, 0.5) is 10.1 Å². The van der Waals surface area contributed by atoms with Crippen LogP contribution in [0.2, 0.25) is 0 Å². The second-order valence-electron chi connectivity index (χ2n) is 10.7. The maximum Gasteiger partial charge on any atom is 0.282 e. The molecule has 9 nitrogen and oxygen atoms in total. The van der Waals surface area contributed by atoms with E-state index in [0.717, 1.165) is 22.4 Å². The predicted octanol–water partition coefficient (Wildman–Crippen LogP) is 7.31. The monoisotopic (exact) mass is 686 g/mol. The minimum absolute atomic E-state index is 0.163. The fourth-order valence-corrected chi connectivity index (χ4v) is 5.31. The Labute approximate surface area is 273 Å². The van der Waals surface area contributed by atoms with Crippen LogP contribution in [0.25, 0.3) is 22.3 Å². The van der Waals surface area contributed by atoms with Crippen molar-refractivity contribution in [2.75, 3.05) is 26.1 Å². The quantitative estimate of drug-likeness (QED) is 0.155. The molecule has 0 bridgehead atoms. The third-order valence-electron chi connectivity index (χ3n) is 7.28. The number of halogens is 2. The molecule has 0 spiro atoms. The Hall–Kier alpha value is -5.03. The molecule has 236 valence electrons. The van der Waals surface area contributed by atoms with E-state index in [1.54, 1.807) is 37.4 Å². The summed E-state index contributed by atoms with van der Waals surface area (Å²) in [6, 6.07) is 19.8. The molecule has 1 N–H and O–H groups in total. The molecule has 0 unspecified atom stereocenters. The van der Waals surface area contributed by atoms with Gasteiger partial charge in [-0.15, -0.1) is 0 Å². The number of benzene rings is 4. The fourth-order valence-electron chi connectivity index (χ4n) is 4.89. The number of nitrogens with zero attached hydrogens (tertiary/aromatic N) is 3. The average molecular weight is 688 g/mol. The van der Waals surface area contributed by atoms with Crippen molar-refractivity contribution in [2.45, 2.75) is 26.7 Å². The maximum atomic E-state index is 13.8. The molecular formula is C35H32BrFN4O5. The van der Waals surface area contributed by atoms with Gasteiger partial charge in [-0.3, -0.25) is 9.59 Å². The van der Waals surface area contributed by atoms with Gasteiger partial charge in [-0.25, -0.2) is 9.37 Å². The zero-order chi connectivity index (χ0) is 33.0. The number of nitrogens with one attached hydrogen (secondary N) is 1. The van der Waals surface area contributed by atoms with Crippen LogP contribution in [0.5, 0.6) is 17.2 Å².